The maximum absolute atomic E-state index is 14.0. The second-order valence-corrected chi connectivity index (χ2v) is 13.2. The zero-order valence-electron chi connectivity index (χ0n) is 27.6. The summed E-state index contributed by atoms with van der Waals surface area (Å²) in [5.74, 6) is -1.66. The number of carbonyl (C=O) groups is 3. The smallest absolute Gasteiger partial charge is 0.307 e. The van der Waals surface area contributed by atoms with Crippen LogP contribution < -0.4 is 10.6 Å². The molecule has 0 aliphatic heterocycles. The van der Waals surface area contributed by atoms with Gasteiger partial charge in [-0.05, 0) is 80.0 Å². The Bertz CT molecular complexity index is 1800. The van der Waals surface area contributed by atoms with Gasteiger partial charge in [-0.15, -0.1) is 0 Å². The number of aromatic nitrogens is 1. The van der Waals surface area contributed by atoms with E-state index in [9.17, 15) is 14.4 Å². The van der Waals surface area contributed by atoms with E-state index in [-0.39, 0.29) is 18.2 Å². The number of H-pyrrole nitrogens is 1. The summed E-state index contributed by atoms with van der Waals surface area (Å²) in [6.45, 7) is 5.89. The Morgan fingerprint density at radius 1 is 0.766 bits per heavy atom. The number of benzene rings is 4. The van der Waals surface area contributed by atoms with Crippen LogP contribution in [0.5, 0.6) is 0 Å². The number of fused-ring (bicyclic) bond motifs is 2. The predicted octanol–water partition coefficient (Wildman–Crippen LogP) is 7.08. The van der Waals surface area contributed by atoms with Crippen LogP contribution in [-0.4, -0.2) is 41.0 Å². The van der Waals surface area contributed by atoms with E-state index >= 15 is 0 Å². The first kappa shape index (κ1) is 33.5. The van der Waals surface area contributed by atoms with E-state index in [0.29, 0.717) is 32.2 Å². The minimum Gasteiger partial charge on any atom is -0.460 e. The van der Waals surface area contributed by atoms with E-state index in [0.717, 1.165) is 28.5 Å². The number of aryl methyl sites for hydroxylation is 1. The summed E-state index contributed by atoms with van der Waals surface area (Å²) < 4.78 is 5.62. The lowest BCUT2D eigenvalue weighted by Crippen LogP contribution is -2.50. The van der Waals surface area contributed by atoms with Gasteiger partial charge in [-0.1, -0.05) is 91.0 Å². The molecule has 0 fully saturated rings. The second kappa shape index (κ2) is 15.6. The van der Waals surface area contributed by atoms with Crippen molar-refractivity contribution < 1.29 is 19.1 Å². The van der Waals surface area contributed by atoms with Crippen LogP contribution in [0.15, 0.2) is 103 Å². The van der Waals surface area contributed by atoms with E-state index in [1.165, 1.54) is 16.3 Å². The molecule has 5 rings (SSSR count). The third-order valence-electron chi connectivity index (χ3n) is 8.37. The number of amides is 2. The lowest BCUT2D eigenvalue weighted by Gasteiger charge is -2.24. The standard InChI is InChI=1S/C40H45N3O4/c1-40(2,3)47-37(44)26-31(19-12-18-30-17-11-16-29-15-7-8-20-33(29)30)38(45)43-36(25-32-27-42-35-22-10-9-21-34(32)35)39(46)41-24-23-28-13-5-4-6-14-28/h4-11,13-17,20-22,27,31,36,42H,12,18-19,23-26H2,1-3H3,(H,41,46)(H,43,45). The van der Waals surface area contributed by atoms with Crippen molar-refractivity contribution in [2.45, 2.75) is 70.9 Å². The molecule has 7 heteroatoms. The maximum atomic E-state index is 14.0. The summed E-state index contributed by atoms with van der Waals surface area (Å²) in [4.78, 5) is 43.9. The fraction of sp³-hybridized carbons (Fsp3) is 0.325. The van der Waals surface area contributed by atoms with Gasteiger partial charge < -0.3 is 20.4 Å². The van der Waals surface area contributed by atoms with Gasteiger partial charge in [-0.2, -0.15) is 0 Å². The zero-order valence-corrected chi connectivity index (χ0v) is 27.6. The Kier molecular flexibility index (Phi) is 11.1. The summed E-state index contributed by atoms with van der Waals surface area (Å²) in [6.07, 6.45) is 4.75. The van der Waals surface area contributed by atoms with Crippen LogP contribution in [0.1, 0.15) is 56.7 Å². The van der Waals surface area contributed by atoms with E-state index in [1.807, 2.05) is 99.8 Å². The molecule has 5 aromatic rings. The Morgan fingerprint density at radius 3 is 2.26 bits per heavy atom. The number of esters is 1. The largest absolute Gasteiger partial charge is 0.460 e. The van der Waals surface area contributed by atoms with Crippen molar-refractivity contribution in [1.82, 2.24) is 15.6 Å². The summed E-state index contributed by atoms with van der Waals surface area (Å²) in [5.41, 5.74) is 3.55. The van der Waals surface area contributed by atoms with Gasteiger partial charge in [0.1, 0.15) is 11.6 Å². The minimum absolute atomic E-state index is 0.0614. The molecule has 0 aliphatic rings. The molecule has 0 bridgehead atoms. The third-order valence-corrected chi connectivity index (χ3v) is 8.37. The predicted molar refractivity (Wildman–Crippen MR) is 188 cm³/mol. The Hall–Kier alpha value is -4.91. The summed E-state index contributed by atoms with van der Waals surface area (Å²) in [7, 11) is 0. The first-order valence-electron chi connectivity index (χ1n) is 16.5. The Labute approximate surface area is 277 Å². The molecule has 0 spiro atoms. The lowest BCUT2D eigenvalue weighted by molar-refractivity contribution is -0.157. The fourth-order valence-electron chi connectivity index (χ4n) is 6.08. The molecule has 1 aromatic heterocycles. The molecule has 0 radical (unpaired) electrons. The van der Waals surface area contributed by atoms with Crippen LogP contribution in [0.3, 0.4) is 0 Å². The molecule has 47 heavy (non-hydrogen) atoms. The van der Waals surface area contributed by atoms with Gasteiger partial charge in [0.2, 0.25) is 11.8 Å². The van der Waals surface area contributed by atoms with E-state index < -0.39 is 23.5 Å². The van der Waals surface area contributed by atoms with Crippen molar-refractivity contribution in [2.24, 2.45) is 5.92 Å². The van der Waals surface area contributed by atoms with Crippen molar-refractivity contribution in [3.63, 3.8) is 0 Å². The fourth-order valence-corrected chi connectivity index (χ4v) is 6.08. The summed E-state index contributed by atoms with van der Waals surface area (Å²) in [6, 6.07) is 31.6. The molecule has 2 amide bonds. The first-order chi connectivity index (χ1) is 22.7. The molecule has 0 saturated carbocycles. The Balaban J connectivity index is 1.32. The van der Waals surface area contributed by atoms with Gasteiger partial charge in [0.25, 0.3) is 0 Å². The molecule has 1 heterocycles. The summed E-state index contributed by atoms with van der Waals surface area (Å²) >= 11 is 0. The summed E-state index contributed by atoms with van der Waals surface area (Å²) in [5, 5.41) is 9.44. The number of carbonyl (C=O) groups excluding carboxylic acids is 3. The number of nitrogens with one attached hydrogen (secondary N) is 3. The first-order valence-corrected chi connectivity index (χ1v) is 16.5. The van der Waals surface area contributed by atoms with Crippen molar-refractivity contribution in [3.05, 3.63) is 120 Å². The average Bonchev–Trinajstić information content (AvgIpc) is 3.46. The van der Waals surface area contributed by atoms with Gasteiger partial charge in [0, 0.05) is 36.0 Å². The average molecular weight is 632 g/mol. The SMILES string of the molecule is CC(C)(C)OC(=O)CC(CCCc1cccc2ccccc12)C(=O)NC(Cc1c[nH]c2ccccc12)C(=O)NCCc1ccccc1. The second-order valence-electron chi connectivity index (χ2n) is 13.2. The highest BCUT2D eigenvalue weighted by Crippen LogP contribution is 2.24. The molecule has 4 aromatic carbocycles. The molecule has 7 nitrogen and oxygen atoms in total. The van der Waals surface area contributed by atoms with E-state index in [4.69, 9.17) is 4.74 Å². The number of rotatable bonds is 14. The van der Waals surface area contributed by atoms with Gasteiger partial charge in [0.15, 0.2) is 0 Å². The normalized spacial score (nSPS) is 12.8. The quantitative estimate of drug-likeness (QED) is 0.114. The van der Waals surface area contributed by atoms with Crippen LogP contribution in [0, 0.1) is 5.92 Å². The Morgan fingerprint density at radius 2 is 1.47 bits per heavy atom. The lowest BCUT2D eigenvalue weighted by atomic mass is 9.93. The van der Waals surface area contributed by atoms with Crippen molar-refractivity contribution in [1.29, 1.82) is 0 Å². The van der Waals surface area contributed by atoms with Crippen molar-refractivity contribution in [2.75, 3.05) is 6.54 Å². The van der Waals surface area contributed by atoms with Crippen molar-refractivity contribution in [3.8, 4) is 0 Å². The van der Waals surface area contributed by atoms with Gasteiger partial charge in [0.05, 0.1) is 6.42 Å². The molecule has 3 N–H and O–H groups in total. The zero-order chi connectivity index (χ0) is 33.2. The number of aromatic amines is 1. The molecule has 2 unspecified atom stereocenters. The number of para-hydroxylation sites is 1. The molecule has 0 saturated heterocycles. The highest BCUT2D eigenvalue weighted by molar-refractivity contribution is 5.91. The molecular weight excluding hydrogens is 586 g/mol. The van der Waals surface area contributed by atoms with Gasteiger partial charge in [-0.3, -0.25) is 14.4 Å². The number of hydrogen-bond donors (Lipinski definition) is 3. The van der Waals surface area contributed by atoms with Crippen LogP contribution in [0.25, 0.3) is 21.7 Å². The monoisotopic (exact) mass is 631 g/mol. The van der Waals surface area contributed by atoms with Gasteiger partial charge in [-0.25, -0.2) is 0 Å². The molecular formula is C40H45N3O4. The van der Waals surface area contributed by atoms with Gasteiger partial charge >= 0.3 is 5.97 Å². The highest BCUT2D eigenvalue weighted by atomic mass is 16.6. The number of hydrogen-bond acceptors (Lipinski definition) is 4. The minimum atomic E-state index is -0.823. The molecule has 244 valence electrons. The van der Waals surface area contributed by atoms with E-state index in [2.05, 4.69) is 39.9 Å². The van der Waals surface area contributed by atoms with Crippen LogP contribution in [-0.2, 0) is 38.4 Å². The van der Waals surface area contributed by atoms with Crippen LogP contribution in [0.4, 0.5) is 0 Å². The highest BCUT2D eigenvalue weighted by Gasteiger charge is 2.29. The van der Waals surface area contributed by atoms with Crippen LogP contribution >= 0.6 is 0 Å². The molecule has 2 atom stereocenters. The molecule has 0 aliphatic carbocycles. The van der Waals surface area contributed by atoms with E-state index in [1.54, 1.807) is 0 Å². The van der Waals surface area contributed by atoms with Crippen LogP contribution in [0.2, 0.25) is 0 Å². The van der Waals surface area contributed by atoms with Crippen molar-refractivity contribution >= 4 is 39.5 Å². The number of ether oxygens (including phenoxy) is 1. The topological polar surface area (TPSA) is 100 Å². The maximum Gasteiger partial charge on any atom is 0.307 e. The third kappa shape index (κ3) is 9.55.